The van der Waals surface area contributed by atoms with Gasteiger partial charge in [-0.25, -0.2) is 0 Å². The van der Waals surface area contributed by atoms with Gasteiger partial charge in [0.2, 0.25) is 0 Å². The van der Waals surface area contributed by atoms with Gasteiger partial charge in [0.25, 0.3) is 5.91 Å². The lowest BCUT2D eigenvalue weighted by molar-refractivity contribution is -0.143. The normalized spacial score (nSPS) is 12.2. The molecule has 2 aromatic heterocycles. The zero-order valence-electron chi connectivity index (χ0n) is 16.9. The Labute approximate surface area is 193 Å². The molecule has 0 radical (unpaired) electrons. The van der Waals surface area contributed by atoms with E-state index in [-0.39, 0.29) is 29.6 Å². The number of hydrogen-bond acceptors (Lipinski definition) is 3. The molecule has 0 bridgehead atoms. The second-order valence-corrected chi connectivity index (χ2v) is 7.71. The quantitative estimate of drug-likeness (QED) is 0.350. The number of hydrogen-bond donors (Lipinski definition) is 1. The maximum Gasteiger partial charge on any atom is 0.416 e. The van der Waals surface area contributed by atoms with E-state index in [2.05, 4.69) is 15.5 Å². The molecule has 1 amide bonds. The highest BCUT2D eigenvalue weighted by Gasteiger charge is 2.37. The molecule has 0 unspecified atom stereocenters. The first-order valence-electron chi connectivity index (χ1n) is 9.59. The number of halogens is 7. The number of fused-ring (bicyclic) bond motifs is 1. The molecule has 4 aromatic rings. The third-order valence-corrected chi connectivity index (χ3v) is 5.13. The zero-order valence-corrected chi connectivity index (χ0v) is 17.6. The minimum atomic E-state index is -5.01. The molecule has 0 aliphatic heterocycles. The molecule has 0 atom stereocenters. The molecule has 1 N–H and O–H groups in total. The number of nitrogens with one attached hydrogen (secondary N) is 1. The molecular weight excluding hydrogens is 486 g/mol. The van der Waals surface area contributed by atoms with Crippen molar-refractivity contribution in [2.75, 3.05) is 0 Å². The molecule has 5 nitrogen and oxygen atoms in total. The van der Waals surface area contributed by atoms with E-state index >= 15 is 0 Å². The average molecular weight is 499 g/mol. The average Bonchev–Trinajstić information content (AvgIpc) is 3.20. The van der Waals surface area contributed by atoms with E-state index in [1.165, 1.54) is 18.3 Å². The molecule has 0 spiro atoms. The van der Waals surface area contributed by atoms with Crippen molar-refractivity contribution in [3.05, 3.63) is 88.1 Å². The van der Waals surface area contributed by atoms with Gasteiger partial charge in [-0.15, -0.1) is 10.2 Å². The van der Waals surface area contributed by atoms with Gasteiger partial charge in [0.15, 0.2) is 11.5 Å². The van der Waals surface area contributed by atoms with Crippen molar-refractivity contribution in [1.82, 2.24) is 19.9 Å². The Kier molecular flexibility index (Phi) is 5.98. The molecule has 2 heterocycles. The van der Waals surface area contributed by atoms with E-state index in [4.69, 9.17) is 11.6 Å². The van der Waals surface area contributed by atoms with Crippen LogP contribution < -0.4 is 5.32 Å². The van der Waals surface area contributed by atoms with Gasteiger partial charge < -0.3 is 5.32 Å². The Morgan fingerprint density at radius 2 is 1.50 bits per heavy atom. The summed E-state index contributed by atoms with van der Waals surface area (Å²) in [7, 11) is 0. The van der Waals surface area contributed by atoms with Crippen LogP contribution in [0.4, 0.5) is 26.3 Å². The smallest absolute Gasteiger partial charge is 0.348 e. The Morgan fingerprint density at radius 3 is 2.09 bits per heavy atom. The fraction of sp³-hybridized carbons (Fsp3) is 0.136. The maximum atomic E-state index is 13.2. The van der Waals surface area contributed by atoms with Gasteiger partial charge >= 0.3 is 12.4 Å². The van der Waals surface area contributed by atoms with Crippen LogP contribution in [0.2, 0.25) is 5.02 Å². The molecule has 176 valence electrons. The number of nitrogens with zero attached hydrogens (tertiary/aromatic N) is 3. The van der Waals surface area contributed by atoms with E-state index in [1.54, 1.807) is 24.3 Å². The fourth-order valence-corrected chi connectivity index (χ4v) is 3.32. The van der Waals surface area contributed by atoms with Crippen LogP contribution in [0.1, 0.15) is 27.0 Å². The molecule has 2 aromatic carbocycles. The van der Waals surface area contributed by atoms with Crippen molar-refractivity contribution in [3.8, 4) is 11.4 Å². The topological polar surface area (TPSA) is 59.3 Å². The van der Waals surface area contributed by atoms with Crippen LogP contribution in [0.5, 0.6) is 0 Å². The van der Waals surface area contributed by atoms with E-state index in [1.807, 2.05) is 0 Å². The van der Waals surface area contributed by atoms with E-state index in [9.17, 15) is 31.1 Å². The lowest BCUT2D eigenvalue weighted by Crippen LogP contribution is -2.23. The highest BCUT2D eigenvalue weighted by molar-refractivity contribution is 6.30. The fourth-order valence-electron chi connectivity index (χ4n) is 3.19. The molecule has 0 saturated heterocycles. The predicted molar refractivity (Wildman–Crippen MR) is 111 cm³/mol. The second-order valence-electron chi connectivity index (χ2n) is 7.27. The van der Waals surface area contributed by atoms with Crippen molar-refractivity contribution in [1.29, 1.82) is 0 Å². The summed E-state index contributed by atoms with van der Waals surface area (Å²) in [6, 6.07) is 10.7. The van der Waals surface area contributed by atoms with E-state index in [0.29, 0.717) is 17.2 Å². The number of rotatable bonds is 4. The third kappa shape index (κ3) is 4.98. The molecule has 0 aliphatic carbocycles. The number of amides is 1. The zero-order chi connectivity index (χ0) is 24.7. The Hall–Kier alpha value is -3.60. The Morgan fingerprint density at radius 1 is 0.882 bits per heavy atom. The molecule has 0 fully saturated rings. The molecule has 12 heteroatoms. The predicted octanol–water partition coefficient (Wildman–Crippen LogP) is 6.02. The summed E-state index contributed by atoms with van der Waals surface area (Å²) >= 11 is 5.82. The van der Waals surface area contributed by atoms with Gasteiger partial charge in [-0.2, -0.15) is 26.3 Å². The highest BCUT2D eigenvalue weighted by atomic mass is 35.5. The van der Waals surface area contributed by atoms with Crippen molar-refractivity contribution in [2.45, 2.75) is 18.9 Å². The molecular formula is C22H13ClF6N4O. The van der Waals surface area contributed by atoms with Gasteiger partial charge in [0, 0.05) is 23.3 Å². The van der Waals surface area contributed by atoms with Crippen molar-refractivity contribution >= 4 is 23.2 Å². The first kappa shape index (κ1) is 23.6. The number of aromatic nitrogens is 3. The lowest BCUT2D eigenvalue weighted by atomic mass is 10.0. The summed E-state index contributed by atoms with van der Waals surface area (Å²) in [5, 5.41) is 10.7. The Balaban J connectivity index is 1.70. The number of pyridine rings is 1. The first-order valence-corrected chi connectivity index (χ1v) is 9.97. The van der Waals surface area contributed by atoms with E-state index < -0.39 is 35.0 Å². The number of carbonyl (C=O) groups excluding carboxylic acids is 1. The number of alkyl halides is 6. The molecule has 0 saturated carbocycles. The molecule has 0 aliphatic rings. The summed E-state index contributed by atoms with van der Waals surface area (Å²) in [5.41, 5.74) is -2.40. The summed E-state index contributed by atoms with van der Waals surface area (Å²) < 4.78 is 80.6. The van der Waals surface area contributed by atoms with Gasteiger partial charge in [-0.05, 0) is 48.0 Å². The van der Waals surface area contributed by atoms with Crippen LogP contribution >= 0.6 is 11.6 Å². The van der Waals surface area contributed by atoms with Gasteiger partial charge in [-0.1, -0.05) is 23.7 Å². The van der Waals surface area contributed by atoms with Crippen LogP contribution in [-0.2, 0) is 18.9 Å². The number of benzene rings is 2. The third-order valence-electron chi connectivity index (χ3n) is 4.88. The first-order chi connectivity index (χ1) is 15.9. The van der Waals surface area contributed by atoms with Crippen LogP contribution in [0.3, 0.4) is 0 Å². The van der Waals surface area contributed by atoms with Crippen LogP contribution in [0.25, 0.3) is 17.0 Å². The number of carbonyl (C=O) groups is 1. The maximum absolute atomic E-state index is 13.2. The van der Waals surface area contributed by atoms with Crippen molar-refractivity contribution in [2.24, 2.45) is 0 Å². The van der Waals surface area contributed by atoms with Crippen molar-refractivity contribution < 1.29 is 31.1 Å². The minimum absolute atomic E-state index is 0.0301. The lowest BCUT2D eigenvalue weighted by Gasteiger charge is -2.13. The monoisotopic (exact) mass is 498 g/mol. The summed E-state index contributed by atoms with van der Waals surface area (Å²) in [6.45, 7) is 0.172. The van der Waals surface area contributed by atoms with Gasteiger partial charge in [0.05, 0.1) is 16.7 Å². The summed E-state index contributed by atoms with van der Waals surface area (Å²) in [6.07, 6.45) is -8.78. The van der Waals surface area contributed by atoms with Gasteiger partial charge in [-0.3, -0.25) is 9.20 Å². The van der Waals surface area contributed by atoms with Gasteiger partial charge in [0.1, 0.15) is 0 Å². The second kappa shape index (κ2) is 8.64. The highest BCUT2D eigenvalue weighted by Crippen LogP contribution is 2.38. The largest absolute Gasteiger partial charge is 0.416 e. The minimum Gasteiger partial charge on any atom is -0.348 e. The van der Waals surface area contributed by atoms with Crippen LogP contribution in [0.15, 0.2) is 60.8 Å². The summed E-state index contributed by atoms with van der Waals surface area (Å²) in [5.74, 6) is -0.796. The van der Waals surface area contributed by atoms with Crippen LogP contribution in [0, 0.1) is 0 Å². The SMILES string of the molecule is O=C(NCc1ccc(Cl)cc1)c1ccc2nnc(-c3cc(C(F)(F)F)cc(C(F)(F)F)c3)n2c1. The van der Waals surface area contributed by atoms with Crippen molar-refractivity contribution in [3.63, 3.8) is 0 Å². The van der Waals surface area contributed by atoms with Crippen LogP contribution in [-0.4, -0.2) is 20.5 Å². The standard InChI is InChI=1S/C22H13ClF6N4O/c23-17-4-1-12(2-5-17)10-30-20(34)13-3-6-18-31-32-19(33(18)11-13)14-7-15(21(24,25)26)9-16(8-14)22(27,28)29/h1-9,11H,10H2,(H,30,34). The van der Waals surface area contributed by atoms with E-state index in [0.717, 1.165) is 9.96 Å². The molecule has 34 heavy (non-hydrogen) atoms. The summed E-state index contributed by atoms with van der Waals surface area (Å²) in [4.78, 5) is 12.6. The molecule has 4 rings (SSSR count). The Bertz CT molecular complexity index is 1330.